The Hall–Kier alpha value is -0.770. The maximum absolute atomic E-state index is 4.23. The lowest BCUT2D eigenvalue weighted by atomic mass is 10.2. The third-order valence-corrected chi connectivity index (χ3v) is 3.22. The van der Waals surface area contributed by atoms with Crippen LogP contribution >= 0.6 is 0 Å². The third-order valence-electron chi connectivity index (χ3n) is 3.22. The zero-order chi connectivity index (χ0) is 13.3. The van der Waals surface area contributed by atoms with Crippen molar-refractivity contribution in [2.45, 2.75) is 53.1 Å². The number of hydrogen-bond donors (Lipinski definition) is 2. The highest BCUT2D eigenvalue weighted by Crippen LogP contribution is 1.96. The molecule has 0 aliphatic carbocycles. The molecule has 0 aliphatic rings. The molecule has 4 nitrogen and oxygen atoms in total. The van der Waals surface area contributed by atoms with Gasteiger partial charge in [-0.25, -0.2) is 0 Å². The van der Waals surface area contributed by atoms with E-state index in [0.29, 0.717) is 12.1 Å². The van der Waals surface area contributed by atoms with Crippen LogP contribution in [0.25, 0.3) is 0 Å². The molecule has 0 heterocycles. The molecule has 4 heteroatoms. The van der Waals surface area contributed by atoms with Crippen molar-refractivity contribution in [2.24, 2.45) is 4.99 Å². The molecule has 0 aromatic carbocycles. The lowest BCUT2D eigenvalue weighted by molar-refractivity contribution is 0.231. The van der Waals surface area contributed by atoms with Crippen LogP contribution in [-0.2, 0) is 0 Å². The Bertz CT molecular complexity index is 211. The Morgan fingerprint density at radius 2 is 1.76 bits per heavy atom. The van der Waals surface area contributed by atoms with Crippen molar-refractivity contribution in [3.05, 3.63) is 0 Å². The maximum atomic E-state index is 4.23. The largest absolute Gasteiger partial charge is 0.355 e. The van der Waals surface area contributed by atoms with Crippen LogP contribution in [-0.4, -0.2) is 49.6 Å². The minimum Gasteiger partial charge on any atom is -0.355 e. The van der Waals surface area contributed by atoms with Crippen LogP contribution in [0.1, 0.15) is 41.0 Å². The highest BCUT2D eigenvalue weighted by molar-refractivity contribution is 5.79. The van der Waals surface area contributed by atoms with E-state index in [1.54, 1.807) is 0 Å². The number of hydrogen-bond acceptors (Lipinski definition) is 2. The van der Waals surface area contributed by atoms with Gasteiger partial charge in [0.2, 0.25) is 0 Å². The molecular formula is C13H30N4. The third kappa shape index (κ3) is 6.51. The van der Waals surface area contributed by atoms with E-state index in [2.05, 4.69) is 55.1 Å². The van der Waals surface area contributed by atoms with Crippen molar-refractivity contribution in [1.29, 1.82) is 0 Å². The van der Waals surface area contributed by atoms with Crippen molar-refractivity contribution >= 4 is 5.96 Å². The fourth-order valence-electron chi connectivity index (χ4n) is 1.75. The van der Waals surface area contributed by atoms with Crippen molar-refractivity contribution in [2.75, 3.05) is 26.7 Å². The molecule has 2 N–H and O–H groups in total. The van der Waals surface area contributed by atoms with E-state index in [1.165, 1.54) is 0 Å². The minimum absolute atomic E-state index is 0.463. The predicted octanol–water partition coefficient (Wildman–Crippen LogP) is 1.68. The lowest BCUT2D eigenvalue weighted by Gasteiger charge is -2.27. The van der Waals surface area contributed by atoms with Gasteiger partial charge in [-0.1, -0.05) is 20.8 Å². The van der Waals surface area contributed by atoms with Gasteiger partial charge in [0.25, 0.3) is 0 Å². The van der Waals surface area contributed by atoms with Gasteiger partial charge < -0.3 is 10.6 Å². The van der Waals surface area contributed by atoms with E-state index in [1.807, 2.05) is 7.05 Å². The number of rotatable bonds is 7. The van der Waals surface area contributed by atoms with E-state index in [0.717, 1.165) is 32.0 Å². The van der Waals surface area contributed by atoms with Gasteiger partial charge in [-0.2, -0.15) is 0 Å². The summed E-state index contributed by atoms with van der Waals surface area (Å²) in [5, 5.41) is 6.75. The Balaban J connectivity index is 4.06. The van der Waals surface area contributed by atoms with Gasteiger partial charge in [0, 0.05) is 25.7 Å². The van der Waals surface area contributed by atoms with Gasteiger partial charge in [0.05, 0.1) is 0 Å². The zero-order valence-corrected chi connectivity index (χ0v) is 12.4. The van der Waals surface area contributed by atoms with Crippen LogP contribution < -0.4 is 10.6 Å². The first kappa shape index (κ1) is 16.2. The van der Waals surface area contributed by atoms with Crippen LogP contribution in [0, 0.1) is 0 Å². The molecule has 0 bridgehead atoms. The SMILES string of the molecule is CCC(C)NC(=NC)NCC(C)N(CC)CC. The monoisotopic (exact) mass is 242 g/mol. The average molecular weight is 242 g/mol. The molecule has 0 amide bonds. The van der Waals surface area contributed by atoms with Crippen LogP contribution in [0.4, 0.5) is 0 Å². The first-order valence-electron chi connectivity index (χ1n) is 6.80. The normalized spacial score (nSPS) is 15.8. The number of nitrogens with one attached hydrogen (secondary N) is 2. The van der Waals surface area contributed by atoms with Crippen molar-refractivity contribution in [1.82, 2.24) is 15.5 Å². The molecule has 2 unspecified atom stereocenters. The van der Waals surface area contributed by atoms with Gasteiger partial charge in [-0.3, -0.25) is 9.89 Å². The molecule has 2 atom stereocenters. The van der Waals surface area contributed by atoms with Crippen LogP contribution in [0.15, 0.2) is 4.99 Å². The Morgan fingerprint density at radius 3 is 2.18 bits per heavy atom. The molecule has 0 aromatic heterocycles. The number of likely N-dealkylation sites (N-methyl/N-ethyl adjacent to an activating group) is 1. The highest BCUT2D eigenvalue weighted by atomic mass is 15.2. The van der Waals surface area contributed by atoms with Crippen LogP contribution in [0.5, 0.6) is 0 Å². The van der Waals surface area contributed by atoms with Crippen molar-refractivity contribution in [3.63, 3.8) is 0 Å². The van der Waals surface area contributed by atoms with Crippen molar-refractivity contribution < 1.29 is 0 Å². The Morgan fingerprint density at radius 1 is 1.18 bits per heavy atom. The summed E-state index contributed by atoms with van der Waals surface area (Å²) in [4.78, 5) is 6.67. The molecule has 17 heavy (non-hydrogen) atoms. The first-order chi connectivity index (χ1) is 8.08. The molecule has 0 aromatic rings. The molecule has 0 fully saturated rings. The quantitative estimate of drug-likeness (QED) is 0.527. The van der Waals surface area contributed by atoms with Crippen molar-refractivity contribution in [3.8, 4) is 0 Å². The number of guanidine groups is 1. The topological polar surface area (TPSA) is 39.7 Å². The second kappa shape index (κ2) is 9.28. The Kier molecular flexibility index (Phi) is 8.86. The van der Waals surface area contributed by atoms with E-state index < -0.39 is 0 Å². The predicted molar refractivity (Wildman–Crippen MR) is 76.6 cm³/mol. The summed E-state index contributed by atoms with van der Waals surface area (Å²) in [6, 6.07) is 0.991. The van der Waals surface area contributed by atoms with Gasteiger partial charge in [0.1, 0.15) is 0 Å². The first-order valence-corrected chi connectivity index (χ1v) is 6.80. The van der Waals surface area contributed by atoms with E-state index in [9.17, 15) is 0 Å². The fourth-order valence-corrected chi connectivity index (χ4v) is 1.75. The van der Waals surface area contributed by atoms with Gasteiger partial charge in [-0.15, -0.1) is 0 Å². The summed E-state index contributed by atoms with van der Waals surface area (Å²) < 4.78 is 0. The molecule has 0 radical (unpaired) electrons. The molecule has 0 spiro atoms. The van der Waals surface area contributed by atoms with Crippen LogP contribution in [0.2, 0.25) is 0 Å². The summed E-state index contributed by atoms with van der Waals surface area (Å²) in [6.07, 6.45) is 1.10. The smallest absolute Gasteiger partial charge is 0.191 e. The molecule has 0 rings (SSSR count). The van der Waals surface area contributed by atoms with E-state index >= 15 is 0 Å². The second-order valence-corrected chi connectivity index (χ2v) is 4.48. The summed E-state index contributed by atoms with van der Waals surface area (Å²) in [5.74, 6) is 0.901. The summed E-state index contributed by atoms with van der Waals surface area (Å²) in [5.41, 5.74) is 0. The average Bonchev–Trinajstić information content (AvgIpc) is 2.35. The highest BCUT2D eigenvalue weighted by Gasteiger charge is 2.10. The fraction of sp³-hybridized carbons (Fsp3) is 0.923. The maximum Gasteiger partial charge on any atom is 0.191 e. The summed E-state index contributed by atoms with van der Waals surface area (Å²) in [6.45, 7) is 14.1. The van der Waals surface area contributed by atoms with E-state index in [4.69, 9.17) is 0 Å². The van der Waals surface area contributed by atoms with Crippen LogP contribution in [0.3, 0.4) is 0 Å². The standard InChI is InChI=1S/C13H30N4/c1-7-11(4)16-13(14-6)15-10-12(5)17(8-2)9-3/h11-12H,7-10H2,1-6H3,(H2,14,15,16). The second-order valence-electron chi connectivity index (χ2n) is 4.48. The summed E-state index contributed by atoms with van der Waals surface area (Å²) >= 11 is 0. The molecular weight excluding hydrogens is 212 g/mol. The van der Waals surface area contributed by atoms with E-state index in [-0.39, 0.29) is 0 Å². The Labute approximate surface area is 107 Å². The lowest BCUT2D eigenvalue weighted by Crippen LogP contribution is -2.47. The number of aliphatic imine (C=N–C) groups is 1. The zero-order valence-electron chi connectivity index (χ0n) is 12.4. The number of nitrogens with zero attached hydrogens (tertiary/aromatic N) is 2. The molecule has 0 saturated carbocycles. The minimum atomic E-state index is 0.463. The van der Waals surface area contributed by atoms with Gasteiger partial charge >= 0.3 is 0 Å². The molecule has 102 valence electrons. The van der Waals surface area contributed by atoms with Gasteiger partial charge in [-0.05, 0) is 33.4 Å². The summed E-state index contributed by atoms with van der Waals surface area (Å²) in [7, 11) is 1.82. The molecule has 0 saturated heterocycles. The van der Waals surface area contributed by atoms with Gasteiger partial charge in [0.15, 0.2) is 5.96 Å². The molecule has 0 aliphatic heterocycles.